The van der Waals surface area contributed by atoms with E-state index in [-0.39, 0.29) is 28.4 Å². The average Bonchev–Trinajstić information content (AvgIpc) is 2.70. The molecular weight excluding hydrogens is 412 g/mol. The van der Waals surface area contributed by atoms with Gasteiger partial charge in [-0.3, -0.25) is 4.79 Å². The third kappa shape index (κ3) is 4.89. The first-order chi connectivity index (χ1) is 15.1. The number of fused-ring (bicyclic) bond motifs is 1. The maximum atomic E-state index is 12.6. The number of allylic oxidation sites excluding steroid dienone is 4. The summed E-state index contributed by atoms with van der Waals surface area (Å²) >= 11 is 0. The first-order valence-electron chi connectivity index (χ1n) is 10.4. The Hall–Kier alpha value is -3.45. The van der Waals surface area contributed by atoms with Crippen molar-refractivity contribution in [2.75, 3.05) is 0 Å². The van der Waals surface area contributed by atoms with E-state index in [0.29, 0.717) is 12.0 Å². The summed E-state index contributed by atoms with van der Waals surface area (Å²) in [5.41, 5.74) is 2.84. The van der Waals surface area contributed by atoms with Crippen molar-refractivity contribution in [2.24, 2.45) is 0 Å². The highest BCUT2D eigenvalue weighted by atomic mass is 16.5. The van der Waals surface area contributed by atoms with Crippen LogP contribution in [-0.4, -0.2) is 37.4 Å². The molecule has 0 bridgehead atoms. The van der Waals surface area contributed by atoms with E-state index in [4.69, 9.17) is 4.74 Å². The zero-order chi connectivity index (χ0) is 23.6. The molecule has 2 atom stereocenters. The van der Waals surface area contributed by atoms with E-state index in [9.17, 15) is 30.3 Å². The lowest BCUT2D eigenvalue weighted by molar-refractivity contribution is 0.0209. The van der Waals surface area contributed by atoms with Gasteiger partial charge < -0.3 is 30.3 Å². The number of ether oxygens (including phenoxy) is 1. The molecule has 0 aliphatic carbocycles. The fourth-order valence-electron chi connectivity index (χ4n) is 3.66. The normalized spacial score (nSPS) is 18.1. The number of aromatic hydroxyl groups is 4. The van der Waals surface area contributed by atoms with Gasteiger partial charge in [-0.25, -0.2) is 0 Å². The van der Waals surface area contributed by atoms with Crippen LogP contribution in [0, 0.1) is 0 Å². The number of carbonyl (C=O) groups excluding carboxylic acids is 1. The summed E-state index contributed by atoms with van der Waals surface area (Å²) in [6, 6.07) is 4.94. The monoisotopic (exact) mass is 440 g/mol. The van der Waals surface area contributed by atoms with Crippen LogP contribution in [-0.2, 0) is 6.42 Å². The topological polar surface area (TPSA) is 127 Å². The number of Topliss-reactive ketones (excluding diaryl/α,β-unsaturated/α-hetero) is 1. The Kier molecular flexibility index (Phi) is 6.79. The largest absolute Gasteiger partial charge is 0.508 e. The van der Waals surface area contributed by atoms with Crippen LogP contribution in [0.3, 0.4) is 0 Å². The molecule has 2 aromatic rings. The van der Waals surface area contributed by atoms with Gasteiger partial charge in [0.05, 0.1) is 0 Å². The molecular formula is C25H28O7. The van der Waals surface area contributed by atoms with Crippen LogP contribution >= 0.6 is 0 Å². The number of phenols is 4. The predicted octanol–water partition coefficient (Wildman–Crippen LogP) is 4.42. The quantitative estimate of drug-likeness (QED) is 0.332. The first kappa shape index (κ1) is 23.2. The SMILES string of the molecule is CC(C)=CCC/C(C)=C/Cc1cc([C@H]2Oc3cc(O)cc(O)c3C(=O)[C@@H]2O)cc(O)c1O. The van der Waals surface area contributed by atoms with Crippen LogP contribution in [0.4, 0.5) is 0 Å². The summed E-state index contributed by atoms with van der Waals surface area (Å²) in [6.45, 7) is 6.07. The number of benzene rings is 2. The molecule has 0 fully saturated rings. The van der Waals surface area contributed by atoms with E-state index in [1.807, 2.05) is 26.8 Å². The number of aliphatic hydroxyl groups excluding tert-OH is 1. The Morgan fingerprint density at radius 2 is 1.72 bits per heavy atom. The lowest BCUT2D eigenvalue weighted by Gasteiger charge is -2.30. The van der Waals surface area contributed by atoms with Gasteiger partial charge in [-0.05, 0) is 57.7 Å². The Bertz CT molecular complexity index is 1090. The number of aliphatic hydroxyl groups is 1. The summed E-state index contributed by atoms with van der Waals surface area (Å²) in [6.07, 6.45) is 3.37. The van der Waals surface area contributed by atoms with E-state index in [1.54, 1.807) is 6.07 Å². The molecule has 1 heterocycles. The summed E-state index contributed by atoms with van der Waals surface area (Å²) < 4.78 is 5.71. The van der Waals surface area contributed by atoms with Crippen LogP contribution < -0.4 is 4.74 Å². The lowest BCUT2D eigenvalue weighted by atomic mass is 9.91. The van der Waals surface area contributed by atoms with E-state index in [0.717, 1.165) is 24.5 Å². The molecule has 5 N–H and O–H groups in total. The molecule has 170 valence electrons. The summed E-state index contributed by atoms with van der Waals surface area (Å²) in [5, 5.41) is 50.8. The van der Waals surface area contributed by atoms with Gasteiger partial charge in [-0.1, -0.05) is 23.3 Å². The second kappa shape index (κ2) is 9.36. The van der Waals surface area contributed by atoms with Crippen molar-refractivity contribution >= 4 is 5.78 Å². The van der Waals surface area contributed by atoms with Crippen molar-refractivity contribution in [1.29, 1.82) is 0 Å². The number of carbonyl (C=O) groups is 1. The molecule has 0 unspecified atom stereocenters. The molecule has 0 spiro atoms. The highest BCUT2D eigenvalue weighted by molar-refractivity contribution is 6.05. The summed E-state index contributed by atoms with van der Waals surface area (Å²) in [7, 11) is 0. The Balaban J connectivity index is 1.90. The van der Waals surface area contributed by atoms with Gasteiger partial charge >= 0.3 is 0 Å². The molecule has 0 radical (unpaired) electrons. The molecule has 0 saturated carbocycles. The smallest absolute Gasteiger partial charge is 0.202 e. The van der Waals surface area contributed by atoms with Crippen LogP contribution in [0.1, 0.15) is 61.2 Å². The van der Waals surface area contributed by atoms with Crippen molar-refractivity contribution in [3.05, 3.63) is 64.3 Å². The van der Waals surface area contributed by atoms with Crippen LogP contribution in [0.2, 0.25) is 0 Å². The minimum atomic E-state index is -1.64. The van der Waals surface area contributed by atoms with Crippen LogP contribution in [0.15, 0.2) is 47.6 Å². The third-order valence-corrected chi connectivity index (χ3v) is 5.40. The number of rotatable bonds is 6. The number of phenolic OH excluding ortho intramolecular Hbond substituents is 4. The van der Waals surface area contributed by atoms with Gasteiger partial charge in [-0.15, -0.1) is 0 Å². The third-order valence-electron chi connectivity index (χ3n) is 5.40. The fourth-order valence-corrected chi connectivity index (χ4v) is 3.66. The molecule has 1 aliphatic heterocycles. The Morgan fingerprint density at radius 3 is 2.41 bits per heavy atom. The van der Waals surface area contributed by atoms with Crippen molar-refractivity contribution in [3.63, 3.8) is 0 Å². The van der Waals surface area contributed by atoms with E-state index in [2.05, 4.69) is 6.08 Å². The highest BCUT2D eigenvalue weighted by Crippen LogP contribution is 2.43. The van der Waals surface area contributed by atoms with E-state index >= 15 is 0 Å². The number of hydrogen-bond acceptors (Lipinski definition) is 7. The molecule has 7 heteroatoms. The van der Waals surface area contributed by atoms with Gasteiger partial charge in [0.25, 0.3) is 0 Å². The first-order valence-corrected chi connectivity index (χ1v) is 10.4. The zero-order valence-electron chi connectivity index (χ0n) is 18.3. The molecule has 0 saturated heterocycles. The molecule has 2 aromatic carbocycles. The predicted molar refractivity (Wildman–Crippen MR) is 119 cm³/mol. The average molecular weight is 440 g/mol. The molecule has 0 aromatic heterocycles. The standard InChI is InChI=1S/C25H28O7/c1-13(2)5-4-6-14(3)7-8-15-9-16(10-19(28)22(15)29)25-24(31)23(30)21-18(27)11-17(26)12-20(21)32-25/h5,7,9-12,24-29,31H,4,6,8H2,1-3H3/b14-7+/t24-,25+/m0/s1. The van der Waals surface area contributed by atoms with Crippen molar-refractivity contribution < 1.29 is 35.1 Å². The van der Waals surface area contributed by atoms with Gasteiger partial charge in [0.15, 0.2) is 23.7 Å². The zero-order valence-corrected chi connectivity index (χ0v) is 18.3. The maximum Gasteiger partial charge on any atom is 0.202 e. The van der Waals surface area contributed by atoms with Crippen LogP contribution in [0.25, 0.3) is 0 Å². The Labute approximate surface area is 186 Å². The lowest BCUT2D eigenvalue weighted by Crippen LogP contribution is -2.36. The Morgan fingerprint density at radius 1 is 1.00 bits per heavy atom. The molecule has 1 aliphatic rings. The summed E-state index contributed by atoms with van der Waals surface area (Å²) in [5.74, 6) is -2.32. The molecule has 32 heavy (non-hydrogen) atoms. The molecule has 7 nitrogen and oxygen atoms in total. The van der Waals surface area contributed by atoms with E-state index in [1.165, 1.54) is 17.7 Å². The minimum Gasteiger partial charge on any atom is -0.508 e. The fraction of sp³-hybridized carbons (Fsp3) is 0.320. The second-order valence-electron chi connectivity index (χ2n) is 8.31. The van der Waals surface area contributed by atoms with Gasteiger partial charge in [0, 0.05) is 17.7 Å². The van der Waals surface area contributed by atoms with Gasteiger partial charge in [0.1, 0.15) is 22.8 Å². The van der Waals surface area contributed by atoms with Gasteiger partial charge in [0.2, 0.25) is 5.78 Å². The summed E-state index contributed by atoms with van der Waals surface area (Å²) in [4.78, 5) is 12.6. The molecule has 0 amide bonds. The minimum absolute atomic E-state index is 0.0769. The number of hydrogen-bond donors (Lipinski definition) is 5. The van der Waals surface area contributed by atoms with Crippen molar-refractivity contribution in [1.82, 2.24) is 0 Å². The highest BCUT2D eigenvalue weighted by Gasteiger charge is 2.39. The number of ketones is 1. The second-order valence-corrected chi connectivity index (χ2v) is 8.31. The maximum absolute atomic E-state index is 12.6. The van der Waals surface area contributed by atoms with Crippen LogP contribution in [0.5, 0.6) is 28.7 Å². The van der Waals surface area contributed by atoms with Crippen molar-refractivity contribution in [3.8, 4) is 28.7 Å². The van der Waals surface area contributed by atoms with E-state index < -0.39 is 29.5 Å². The van der Waals surface area contributed by atoms with Crippen molar-refractivity contribution in [2.45, 2.75) is 52.2 Å². The molecule has 3 rings (SSSR count). The van der Waals surface area contributed by atoms with Gasteiger partial charge in [-0.2, -0.15) is 0 Å².